The molecule has 0 radical (unpaired) electrons. The first-order valence-corrected chi connectivity index (χ1v) is 9.11. The van der Waals surface area contributed by atoms with Crippen LogP contribution in [0.1, 0.15) is 37.1 Å². The van der Waals surface area contributed by atoms with Crippen molar-refractivity contribution in [2.45, 2.75) is 38.1 Å². The third-order valence-corrected chi connectivity index (χ3v) is 5.73. The van der Waals surface area contributed by atoms with Crippen LogP contribution in [0.25, 0.3) is 10.4 Å². The van der Waals surface area contributed by atoms with Crippen LogP contribution in [0.2, 0.25) is 0 Å². The highest BCUT2D eigenvalue weighted by Crippen LogP contribution is 2.34. The molecule has 1 aromatic heterocycles. The van der Waals surface area contributed by atoms with Gasteiger partial charge in [0.05, 0.1) is 23.7 Å². The van der Waals surface area contributed by atoms with Gasteiger partial charge in [0, 0.05) is 18.7 Å². The number of halogens is 1. The number of thiazole rings is 1. The van der Waals surface area contributed by atoms with Gasteiger partial charge < -0.3 is 4.74 Å². The number of hydrogen-bond donors (Lipinski definition) is 0. The number of aliphatic imine (C=N–C) groups is 1. The number of allylic oxidation sites excluding steroid dienone is 1. The molecule has 1 atom stereocenters. The zero-order valence-corrected chi connectivity index (χ0v) is 14.4. The van der Waals surface area contributed by atoms with Crippen molar-refractivity contribution >= 4 is 17.0 Å². The van der Waals surface area contributed by atoms with E-state index in [-0.39, 0.29) is 5.82 Å². The predicted octanol–water partition coefficient (Wildman–Crippen LogP) is 5.02. The van der Waals surface area contributed by atoms with Crippen molar-refractivity contribution in [3.05, 3.63) is 46.9 Å². The molecule has 1 aliphatic heterocycles. The van der Waals surface area contributed by atoms with E-state index in [1.165, 1.54) is 37.0 Å². The first-order chi connectivity index (χ1) is 11.7. The van der Waals surface area contributed by atoms with E-state index in [0.717, 1.165) is 34.0 Å². The fourth-order valence-electron chi connectivity index (χ4n) is 3.38. The summed E-state index contributed by atoms with van der Waals surface area (Å²) >= 11 is 1.57. The lowest BCUT2D eigenvalue weighted by atomic mass is 9.87. The first kappa shape index (κ1) is 15.5. The van der Waals surface area contributed by atoms with Gasteiger partial charge in [-0.25, -0.2) is 9.37 Å². The maximum atomic E-state index is 13.7. The van der Waals surface area contributed by atoms with E-state index in [1.54, 1.807) is 24.6 Å². The highest BCUT2D eigenvalue weighted by molar-refractivity contribution is 7.17. The van der Waals surface area contributed by atoms with Gasteiger partial charge in [-0.2, -0.15) is 0 Å². The molecule has 0 spiro atoms. The van der Waals surface area contributed by atoms with Gasteiger partial charge >= 0.3 is 0 Å². The Labute approximate surface area is 144 Å². The highest BCUT2D eigenvalue weighted by Gasteiger charge is 2.23. The molecule has 1 saturated carbocycles. The lowest BCUT2D eigenvalue weighted by Crippen LogP contribution is -2.20. The van der Waals surface area contributed by atoms with E-state index >= 15 is 0 Å². The van der Waals surface area contributed by atoms with E-state index in [9.17, 15) is 4.39 Å². The minimum absolute atomic E-state index is 0.302. The number of hydrogen-bond acceptors (Lipinski definition) is 4. The molecule has 0 N–H and O–H groups in total. The first-order valence-electron chi connectivity index (χ1n) is 8.29. The number of fused-ring (bicyclic) bond motifs is 1. The Kier molecular flexibility index (Phi) is 4.19. The molecule has 0 saturated heterocycles. The average molecular weight is 342 g/mol. The molecular weight excluding hydrogens is 323 g/mol. The second kappa shape index (κ2) is 6.48. The number of benzene rings is 1. The Bertz CT molecular complexity index is 825. The van der Waals surface area contributed by atoms with E-state index in [2.05, 4.69) is 11.1 Å². The third-order valence-electron chi connectivity index (χ3n) is 4.63. The summed E-state index contributed by atoms with van der Waals surface area (Å²) in [5.74, 6) is 0.217. The summed E-state index contributed by atoms with van der Waals surface area (Å²) in [6, 6.07) is 5.08. The van der Waals surface area contributed by atoms with E-state index < -0.39 is 0 Å². The van der Waals surface area contributed by atoms with Crippen molar-refractivity contribution in [3.8, 4) is 16.2 Å². The minimum Gasteiger partial charge on any atom is -0.497 e. The van der Waals surface area contributed by atoms with Crippen LogP contribution in [0.4, 0.5) is 4.39 Å². The Morgan fingerprint density at radius 3 is 3.04 bits per heavy atom. The Balaban J connectivity index is 1.61. The number of methoxy groups -OCH3 is 1. The Morgan fingerprint density at radius 2 is 2.17 bits per heavy atom. The van der Waals surface area contributed by atoms with Crippen molar-refractivity contribution < 1.29 is 9.13 Å². The number of dihydropyridines is 1. The van der Waals surface area contributed by atoms with Crippen LogP contribution in [0.3, 0.4) is 0 Å². The van der Waals surface area contributed by atoms with Crippen LogP contribution >= 0.6 is 11.3 Å². The molecule has 2 aliphatic rings. The van der Waals surface area contributed by atoms with E-state index in [1.807, 2.05) is 6.07 Å². The van der Waals surface area contributed by atoms with Crippen LogP contribution in [-0.2, 0) is 0 Å². The van der Waals surface area contributed by atoms with Gasteiger partial charge in [0.1, 0.15) is 16.6 Å². The van der Waals surface area contributed by atoms with Gasteiger partial charge in [-0.1, -0.05) is 12.5 Å². The van der Waals surface area contributed by atoms with Crippen molar-refractivity contribution in [2.24, 2.45) is 4.99 Å². The number of aromatic nitrogens is 1. The van der Waals surface area contributed by atoms with Crippen molar-refractivity contribution in [3.63, 3.8) is 0 Å². The molecule has 5 heteroatoms. The lowest BCUT2D eigenvalue weighted by Gasteiger charge is -2.26. The normalized spacial score (nSPS) is 20.2. The largest absolute Gasteiger partial charge is 0.497 e. The van der Waals surface area contributed by atoms with Gasteiger partial charge in [-0.3, -0.25) is 4.99 Å². The van der Waals surface area contributed by atoms with Crippen molar-refractivity contribution in [1.82, 2.24) is 4.98 Å². The molecule has 0 bridgehead atoms. The van der Waals surface area contributed by atoms with Crippen LogP contribution in [0.5, 0.6) is 5.75 Å². The smallest absolute Gasteiger partial charge is 0.138 e. The summed E-state index contributed by atoms with van der Waals surface area (Å²) < 4.78 is 18.9. The van der Waals surface area contributed by atoms with Crippen LogP contribution in [0, 0.1) is 5.82 Å². The van der Waals surface area contributed by atoms with Gasteiger partial charge in [0.2, 0.25) is 0 Å². The molecule has 3 nitrogen and oxygen atoms in total. The molecule has 2 heterocycles. The molecule has 24 heavy (non-hydrogen) atoms. The van der Waals surface area contributed by atoms with E-state index in [4.69, 9.17) is 9.73 Å². The van der Waals surface area contributed by atoms with Crippen molar-refractivity contribution in [1.29, 1.82) is 0 Å². The van der Waals surface area contributed by atoms with Crippen LogP contribution in [0.15, 0.2) is 41.0 Å². The highest BCUT2D eigenvalue weighted by atomic mass is 32.1. The minimum atomic E-state index is -0.302. The van der Waals surface area contributed by atoms with Gasteiger partial charge in [-0.15, -0.1) is 11.3 Å². The van der Waals surface area contributed by atoms with Gasteiger partial charge in [0.15, 0.2) is 0 Å². The topological polar surface area (TPSA) is 34.5 Å². The molecule has 124 valence electrons. The van der Waals surface area contributed by atoms with Gasteiger partial charge in [0.25, 0.3) is 0 Å². The molecular formula is C19H19FN2OS. The monoisotopic (exact) mass is 342 g/mol. The molecule has 1 unspecified atom stereocenters. The maximum Gasteiger partial charge on any atom is 0.138 e. The fraction of sp³-hybridized carbons (Fsp3) is 0.368. The summed E-state index contributed by atoms with van der Waals surface area (Å²) in [6.45, 7) is 0. The van der Waals surface area contributed by atoms with E-state index in [0.29, 0.717) is 11.8 Å². The SMILES string of the molecule is COc1cc(F)cc(-c2cnc(C3=NC4CCCCC4=CC3)s2)c1. The molecule has 1 fully saturated rings. The predicted molar refractivity (Wildman–Crippen MR) is 95.6 cm³/mol. The van der Waals surface area contributed by atoms with Crippen LogP contribution in [-0.4, -0.2) is 23.8 Å². The third kappa shape index (κ3) is 3.00. The average Bonchev–Trinajstić information content (AvgIpc) is 3.11. The molecule has 1 aliphatic carbocycles. The molecule has 4 rings (SSSR count). The summed E-state index contributed by atoms with van der Waals surface area (Å²) in [5, 5.41) is 0.939. The number of nitrogens with zero attached hydrogens (tertiary/aromatic N) is 2. The lowest BCUT2D eigenvalue weighted by molar-refractivity contribution is 0.411. The zero-order chi connectivity index (χ0) is 16.5. The Morgan fingerprint density at radius 1 is 1.25 bits per heavy atom. The summed E-state index contributed by atoms with van der Waals surface area (Å²) in [6.07, 6.45) is 9.86. The van der Waals surface area contributed by atoms with Crippen LogP contribution < -0.4 is 4.74 Å². The zero-order valence-electron chi connectivity index (χ0n) is 13.6. The van der Waals surface area contributed by atoms with Gasteiger partial charge in [-0.05, 0) is 42.5 Å². The summed E-state index contributed by atoms with van der Waals surface area (Å²) in [4.78, 5) is 10.4. The Hall–Kier alpha value is -2.01. The summed E-state index contributed by atoms with van der Waals surface area (Å²) in [7, 11) is 1.54. The fourth-order valence-corrected chi connectivity index (χ4v) is 4.29. The number of rotatable bonds is 3. The maximum absolute atomic E-state index is 13.7. The second-order valence-corrected chi connectivity index (χ2v) is 7.26. The van der Waals surface area contributed by atoms with Crippen molar-refractivity contribution in [2.75, 3.05) is 7.11 Å². The molecule has 2 aromatic rings. The molecule has 0 amide bonds. The number of ether oxygens (including phenoxy) is 1. The standard InChI is InChI=1S/C19H19FN2OS/c1-23-15-9-13(8-14(20)10-15)18-11-21-19(24-18)17-7-6-12-4-2-3-5-16(12)22-17/h6,8-11,16H,2-5,7H2,1H3. The quantitative estimate of drug-likeness (QED) is 0.734. The second-order valence-electron chi connectivity index (χ2n) is 6.23. The summed E-state index contributed by atoms with van der Waals surface area (Å²) in [5.41, 5.74) is 3.35. The molecule has 1 aromatic carbocycles.